The summed E-state index contributed by atoms with van der Waals surface area (Å²) in [5, 5.41) is 8.51. The molecule has 3 heteroatoms. The van der Waals surface area contributed by atoms with E-state index in [4.69, 9.17) is 5.11 Å². The average molecular weight is 132 g/mol. The fourth-order valence-electron chi connectivity index (χ4n) is 0.670. The molecule has 0 unspecified atom stereocenters. The van der Waals surface area contributed by atoms with Crippen LogP contribution in [0.5, 0.6) is 0 Å². The van der Waals surface area contributed by atoms with Crippen molar-refractivity contribution in [3.63, 3.8) is 0 Å². The van der Waals surface area contributed by atoms with Crippen molar-refractivity contribution < 1.29 is 13.9 Å². The quantitative estimate of drug-likeness (QED) is 0.536. The Labute approximate surface area is 51.3 Å². The predicted molar refractivity (Wildman–Crippen MR) is 29.2 cm³/mol. The molecule has 0 heterocycles. The van der Waals surface area contributed by atoms with Gasteiger partial charge in [0, 0.05) is 6.42 Å². The maximum Gasteiger partial charge on any atom is 0.183 e. The van der Waals surface area contributed by atoms with Crippen molar-refractivity contribution in [3.05, 3.63) is 23.5 Å². The second-order valence-electron chi connectivity index (χ2n) is 1.84. The second kappa shape index (κ2) is 2.17. The van der Waals surface area contributed by atoms with Gasteiger partial charge in [-0.15, -0.1) is 0 Å². The first-order valence-electron chi connectivity index (χ1n) is 2.65. The fourth-order valence-corrected chi connectivity index (χ4v) is 0.670. The molecule has 0 atom stereocenters. The van der Waals surface area contributed by atoms with Gasteiger partial charge in [-0.05, 0) is 12.5 Å². The Bertz CT molecular complexity index is 181. The van der Waals surface area contributed by atoms with E-state index in [1.165, 1.54) is 6.08 Å². The Morgan fingerprint density at radius 1 is 1.44 bits per heavy atom. The average Bonchev–Trinajstić information content (AvgIpc) is 1.83. The molecule has 0 aliphatic heterocycles. The van der Waals surface area contributed by atoms with Crippen molar-refractivity contribution in [1.29, 1.82) is 0 Å². The first kappa shape index (κ1) is 6.26. The van der Waals surface area contributed by atoms with Gasteiger partial charge in [-0.1, -0.05) is 0 Å². The zero-order valence-corrected chi connectivity index (χ0v) is 4.69. The van der Waals surface area contributed by atoms with Crippen molar-refractivity contribution in [2.24, 2.45) is 0 Å². The molecular weight excluding hydrogens is 126 g/mol. The molecule has 0 aromatic carbocycles. The topological polar surface area (TPSA) is 20.2 Å². The summed E-state index contributed by atoms with van der Waals surface area (Å²) in [4.78, 5) is 0. The van der Waals surface area contributed by atoms with Gasteiger partial charge < -0.3 is 5.11 Å². The highest BCUT2D eigenvalue weighted by atomic mass is 19.1. The van der Waals surface area contributed by atoms with E-state index in [1.807, 2.05) is 0 Å². The summed E-state index contributed by atoms with van der Waals surface area (Å²) in [5.41, 5.74) is 0. The molecule has 0 spiro atoms. The van der Waals surface area contributed by atoms with Crippen LogP contribution in [0.25, 0.3) is 0 Å². The lowest BCUT2D eigenvalue weighted by molar-refractivity contribution is 0.348. The van der Waals surface area contributed by atoms with Crippen LogP contribution in [0, 0.1) is 0 Å². The third-order valence-corrected chi connectivity index (χ3v) is 1.17. The Morgan fingerprint density at radius 2 is 2.11 bits per heavy atom. The number of allylic oxidation sites excluding steroid dienone is 3. The first-order chi connectivity index (χ1) is 4.22. The summed E-state index contributed by atoms with van der Waals surface area (Å²) < 4.78 is 24.3. The molecule has 0 bridgehead atoms. The molecule has 0 saturated carbocycles. The molecule has 0 saturated heterocycles. The monoisotopic (exact) mass is 132 g/mol. The standard InChI is InChI=1S/C6H6F2O/c7-4-2-1-3-5(8)6(4)9/h2,9H,1,3H2. The van der Waals surface area contributed by atoms with E-state index in [2.05, 4.69) is 0 Å². The van der Waals surface area contributed by atoms with Gasteiger partial charge in [-0.2, -0.15) is 0 Å². The highest BCUT2D eigenvalue weighted by Gasteiger charge is 2.13. The number of aliphatic hydroxyl groups is 1. The number of aliphatic hydroxyl groups excluding tert-OH is 1. The molecule has 1 N–H and O–H groups in total. The molecule has 0 radical (unpaired) electrons. The van der Waals surface area contributed by atoms with Crippen molar-refractivity contribution in [2.45, 2.75) is 12.8 Å². The highest BCUT2D eigenvalue weighted by Crippen LogP contribution is 2.24. The number of rotatable bonds is 0. The van der Waals surface area contributed by atoms with Crippen LogP contribution < -0.4 is 0 Å². The summed E-state index contributed by atoms with van der Waals surface area (Å²) in [6, 6.07) is 0. The zero-order valence-electron chi connectivity index (χ0n) is 4.69. The van der Waals surface area contributed by atoms with E-state index in [1.54, 1.807) is 0 Å². The first-order valence-corrected chi connectivity index (χ1v) is 2.65. The van der Waals surface area contributed by atoms with E-state index in [0.717, 1.165) is 0 Å². The maximum absolute atomic E-state index is 12.2. The second-order valence-corrected chi connectivity index (χ2v) is 1.84. The molecule has 50 valence electrons. The molecule has 9 heavy (non-hydrogen) atoms. The van der Waals surface area contributed by atoms with Gasteiger partial charge >= 0.3 is 0 Å². The van der Waals surface area contributed by atoms with E-state index >= 15 is 0 Å². The van der Waals surface area contributed by atoms with E-state index in [-0.39, 0.29) is 6.42 Å². The van der Waals surface area contributed by atoms with E-state index in [9.17, 15) is 8.78 Å². The molecule has 1 rings (SSSR count). The van der Waals surface area contributed by atoms with E-state index in [0.29, 0.717) is 6.42 Å². The summed E-state index contributed by atoms with van der Waals surface area (Å²) >= 11 is 0. The molecular formula is C6H6F2O. The number of hydrogen-bond acceptors (Lipinski definition) is 1. The number of halogens is 2. The minimum absolute atomic E-state index is 0.110. The highest BCUT2D eigenvalue weighted by molar-refractivity contribution is 5.24. The Morgan fingerprint density at radius 3 is 2.56 bits per heavy atom. The fraction of sp³-hybridized carbons (Fsp3) is 0.333. The Balaban J connectivity index is 2.88. The van der Waals surface area contributed by atoms with Crippen LogP contribution in [0.3, 0.4) is 0 Å². The largest absolute Gasteiger partial charge is 0.503 e. The molecule has 1 nitrogen and oxygen atoms in total. The molecule has 0 fully saturated rings. The van der Waals surface area contributed by atoms with Crippen LogP contribution in [0.15, 0.2) is 23.5 Å². The summed E-state index contributed by atoms with van der Waals surface area (Å²) in [6.45, 7) is 0. The van der Waals surface area contributed by atoms with Gasteiger partial charge in [0.2, 0.25) is 0 Å². The zero-order chi connectivity index (χ0) is 6.85. The maximum atomic E-state index is 12.2. The lowest BCUT2D eigenvalue weighted by Crippen LogP contribution is -1.93. The van der Waals surface area contributed by atoms with Gasteiger partial charge in [0.05, 0.1) is 0 Å². The molecule has 0 aromatic heterocycles. The Hall–Kier alpha value is -0.860. The van der Waals surface area contributed by atoms with Crippen LogP contribution in [0.2, 0.25) is 0 Å². The molecule has 1 aliphatic carbocycles. The van der Waals surface area contributed by atoms with Gasteiger partial charge in [-0.25, -0.2) is 8.78 Å². The third kappa shape index (κ3) is 1.09. The lowest BCUT2D eigenvalue weighted by Gasteiger charge is -2.04. The summed E-state index contributed by atoms with van der Waals surface area (Å²) in [6.07, 6.45) is 1.61. The van der Waals surface area contributed by atoms with Crippen LogP contribution in [-0.4, -0.2) is 5.11 Å². The van der Waals surface area contributed by atoms with Gasteiger partial charge in [-0.3, -0.25) is 0 Å². The van der Waals surface area contributed by atoms with Crippen molar-refractivity contribution in [3.8, 4) is 0 Å². The van der Waals surface area contributed by atoms with Crippen LogP contribution in [0.1, 0.15) is 12.8 Å². The number of hydrogen-bond donors (Lipinski definition) is 1. The van der Waals surface area contributed by atoms with Crippen LogP contribution >= 0.6 is 0 Å². The SMILES string of the molecule is OC1=C(F)CCC=C1F. The minimum Gasteiger partial charge on any atom is -0.503 e. The van der Waals surface area contributed by atoms with Crippen LogP contribution in [-0.2, 0) is 0 Å². The Kier molecular flexibility index (Phi) is 1.51. The van der Waals surface area contributed by atoms with Gasteiger partial charge in [0.15, 0.2) is 11.6 Å². The molecule has 0 amide bonds. The van der Waals surface area contributed by atoms with Crippen molar-refractivity contribution in [1.82, 2.24) is 0 Å². The van der Waals surface area contributed by atoms with Crippen molar-refractivity contribution in [2.75, 3.05) is 0 Å². The third-order valence-electron chi connectivity index (χ3n) is 1.17. The predicted octanol–water partition coefficient (Wildman–Crippen LogP) is 2.37. The van der Waals surface area contributed by atoms with Crippen molar-refractivity contribution >= 4 is 0 Å². The molecule has 1 aliphatic rings. The van der Waals surface area contributed by atoms with Gasteiger partial charge in [0.25, 0.3) is 0 Å². The normalized spacial score (nSPS) is 20.0. The minimum atomic E-state index is -0.848. The molecule has 0 aromatic rings. The van der Waals surface area contributed by atoms with Gasteiger partial charge in [0.1, 0.15) is 5.83 Å². The smallest absolute Gasteiger partial charge is 0.183 e. The lowest BCUT2D eigenvalue weighted by atomic mass is 10.1. The van der Waals surface area contributed by atoms with Crippen LogP contribution in [0.4, 0.5) is 8.78 Å². The summed E-state index contributed by atoms with van der Waals surface area (Å²) in [5.74, 6) is -2.44. The summed E-state index contributed by atoms with van der Waals surface area (Å²) in [7, 11) is 0. The van der Waals surface area contributed by atoms with E-state index < -0.39 is 17.4 Å².